The number of rotatable bonds is 6. The van der Waals surface area contributed by atoms with Gasteiger partial charge in [0.25, 0.3) is 0 Å². The molecule has 1 aromatic carbocycles. The van der Waals surface area contributed by atoms with E-state index in [1.165, 1.54) is 12.8 Å². The fourth-order valence-corrected chi connectivity index (χ4v) is 2.93. The standard InChI is InChI=1S/C13H16Br2N2O2/c1-19-12-7-11(9(14)6-10(12)15)17-13(18)4-5-16-8-2-3-8/h6-8,16H,2-5H2,1H3,(H,17,18). The van der Waals surface area contributed by atoms with Crippen LogP contribution >= 0.6 is 31.9 Å². The molecule has 0 unspecified atom stereocenters. The molecule has 1 amide bonds. The number of anilines is 1. The van der Waals surface area contributed by atoms with E-state index < -0.39 is 0 Å². The van der Waals surface area contributed by atoms with Crippen LogP contribution in [0.1, 0.15) is 19.3 Å². The van der Waals surface area contributed by atoms with Gasteiger partial charge in [-0.1, -0.05) is 0 Å². The summed E-state index contributed by atoms with van der Waals surface area (Å²) in [5.74, 6) is 0.688. The van der Waals surface area contributed by atoms with Crippen molar-refractivity contribution < 1.29 is 9.53 Å². The van der Waals surface area contributed by atoms with Crippen LogP contribution < -0.4 is 15.4 Å². The Labute approximate surface area is 129 Å². The van der Waals surface area contributed by atoms with Crippen LogP contribution in [0.4, 0.5) is 5.69 Å². The Kier molecular flexibility index (Phi) is 5.24. The van der Waals surface area contributed by atoms with Crippen LogP contribution in [0.2, 0.25) is 0 Å². The number of benzene rings is 1. The van der Waals surface area contributed by atoms with Gasteiger partial charge in [-0.25, -0.2) is 0 Å². The Morgan fingerprint density at radius 2 is 2.11 bits per heavy atom. The molecule has 1 aliphatic carbocycles. The molecular formula is C13H16Br2N2O2. The summed E-state index contributed by atoms with van der Waals surface area (Å²) < 4.78 is 6.88. The summed E-state index contributed by atoms with van der Waals surface area (Å²) in [6.07, 6.45) is 2.94. The van der Waals surface area contributed by atoms with Gasteiger partial charge in [0.2, 0.25) is 5.91 Å². The third-order valence-electron chi connectivity index (χ3n) is 2.88. The second-order valence-electron chi connectivity index (χ2n) is 4.49. The Balaban J connectivity index is 1.91. The van der Waals surface area contributed by atoms with Crippen LogP contribution in [-0.4, -0.2) is 25.6 Å². The van der Waals surface area contributed by atoms with Gasteiger partial charge in [0.05, 0.1) is 17.3 Å². The smallest absolute Gasteiger partial charge is 0.225 e. The Morgan fingerprint density at radius 1 is 1.37 bits per heavy atom. The molecule has 6 heteroatoms. The van der Waals surface area contributed by atoms with Crippen molar-refractivity contribution in [2.45, 2.75) is 25.3 Å². The Hall–Kier alpha value is -0.590. The third kappa shape index (κ3) is 4.47. The van der Waals surface area contributed by atoms with E-state index in [0.29, 0.717) is 18.2 Å². The second-order valence-corrected chi connectivity index (χ2v) is 6.20. The highest BCUT2D eigenvalue weighted by molar-refractivity contribution is 9.11. The maximum Gasteiger partial charge on any atom is 0.225 e. The zero-order valence-electron chi connectivity index (χ0n) is 10.6. The summed E-state index contributed by atoms with van der Waals surface area (Å²) in [5.41, 5.74) is 0.719. The molecular weight excluding hydrogens is 376 g/mol. The van der Waals surface area contributed by atoms with E-state index in [0.717, 1.165) is 21.2 Å². The van der Waals surface area contributed by atoms with E-state index in [1.54, 1.807) is 13.2 Å². The van der Waals surface area contributed by atoms with Crippen molar-refractivity contribution in [2.24, 2.45) is 0 Å². The van der Waals surface area contributed by atoms with E-state index in [9.17, 15) is 4.79 Å². The quantitative estimate of drug-likeness (QED) is 0.782. The predicted octanol–water partition coefficient (Wildman–Crippen LogP) is 3.30. The number of nitrogens with one attached hydrogen (secondary N) is 2. The van der Waals surface area contributed by atoms with Crippen LogP contribution in [0.25, 0.3) is 0 Å². The number of methoxy groups -OCH3 is 1. The number of amides is 1. The normalized spacial score (nSPS) is 14.3. The highest BCUT2D eigenvalue weighted by Crippen LogP contribution is 2.34. The van der Waals surface area contributed by atoms with Crippen LogP contribution in [-0.2, 0) is 4.79 Å². The molecule has 2 N–H and O–H groups in total. The van der Waals surface area contributed by atoms with Crippen molar-refractivity contribution >= 4 is 43.5 Å². The van der Waals surface area contributed by atoms with Crippen molar-refractivity contribution in [2.75, 3.05) is 19.0 Å². The molecule has 0 aromatic heterocycles. The molecule has 1 saturated carbocycles. The number of carbonyl (C=O) groups is 1. The second kappa shape index (κ2) is 6.72. The lowest BCUT2D eigenvalue weighted by molar-refractivity contribution is -0.116. The minimum Gasteiger partial charge on any atom is -0.495 e. The number of halogens is 2. The molecule has 2 rings (SSSR count). The largest absolute Gasteiger partial charge is 0.495 e. The fourth-order valence-electron chi connectivity index (χ4n) is 1.67. The topological polar surface area (TPSA) is 50.4 Å². The first-order chi connectivity index (χ1) is 9.10. The minimum atomic E-state index is -0.00164. The summed E-state index contributed by atoms with van der Waals surface area (Å²) >= 11 is 6.82. The molecule has 1 aliphatic rings. The average Bonchev–Trinajstić information content (AvgIpc) is 3.16. The number of ether oxygens (including phenoxy) is 1. The monoisotopic (exact) mass is 390 g/mol. The Morgan fingerprint density at radius 3 is 2.74 bits per heavy atom. The first-order valence-corrected chi connectivity index (χ1v) is 7.75. The third-order valence-corrected chi connectivity index (χ3v) is 4.15. The van der Waals surface area contributed by atoms with E-state index in [2.05, 4.69) is 42.5 Å². The SMILES string of the molecule is COc1cc(NC(=O)CCNC2CC2)c(Br)cc1Br. The summed E-state index contributed by atoms with van der Waals surface area (Å²) in [4.78, 5) is 11.8. The van der Waals surface area contributed by atoms with Gasteiger partial charge in [0.1, 0.15) is 5.75 Å². The average molecular weight is 392 g/mol. The summed E-state index contributed by atoms with van der Waals surface area (Å²) in [6, 6.07) is 4.28. The zero-order chi connectivity index (χ0) is 13.8. The zero-order valence-corrected chi connectivity index (χ0v) is 13.8. The van der Waals surface area contributed by atoms with E-state index in [1.807, 2.05) is 6.07 Å². The lowest BCUT2D eigenvalue weighted by Crippen LogP contribution is -2.23. The lowest BCUT2D eigenvalue weighted by Gasteiger charge is -2.11. The minimum absolute atomic E-state index is 0.00164. The van der Waals surface area contributed by atoms with Crippen molar-refractivity contribution in [1.82, 2.24) is 5.32 Å². The molecule has 0 radical (unpaired) electrons. The van der Waals surface area contributed by atoms with Crippen LogP contribution in [0, 0.1) is 0 Å². The molecule has 0 spiro atoms. The number of hydrogen-bond donors (Lipinski definition) is 2. The summed E-state index contributed by atoms with van der Waals surface area (Å²) in [7, 11) is 1.60. The summed E-state index contributed by atoms with van der Waals surface area (Å²) in [6.45, 7) is 0.724. The first-order valence-electron chi connectivity index (χ1n) is 6.16. The first kappa shape index (κ1) is 14.8. The maximum atomic E-state index is 11.8. The molecule has 1 aromatic rings. The Bertz CT molecular complexity index is 476. The molecule has 1 fully saturated rings. The van der Waals surface area contributed by atoms with E-state index in [-0.39, 0.29) is 5.91 Å². The predicted molar refractivity (Wildman–Crippen MR) is 82.7 cm³/mol. The van der Waals surface area contributed by atoms with Gasteiger partial charge >= 0.3 is 0 Å². The van der Waals surface area contributed by atoms with E-state index in [4.69, 9.17) is 4.74 Å². The van der Waals surface area contributed by atoms with Gasteiger partial charge in [0.15, 0.2) is 0 Å². The highest BCUT2D eigenvalue weighted by Gasteiger charge is 2.20. The van der Waals surface area contributed by atoms with Crippen LogP contribution in [0.5, 0.6) is 5.75 Å². The highest BCUT2D eigenvalue weighted by atomic mass is 79.9. The fraction of sp³-hybridized carbons (Fsp3) is 0.462. The van der Waals surface area contributed by atoms with Gasteiger partial charge in [-0.3, -0.25) is 4.79 Å². The van der Waals surface area contributed by atoms with Gasteiger partial charge in [-0.05, 0) is 50.8 Å². The van der Waals surface area contributed by atoms with Gasteiger partial charge in [-0.2, -0.15) is 0 Å². The maximum absolute atomic E-state index is 11.8. The molecule has 19 heavy (non-hydrogen) atoms. The molecule has 0 saturated heterocycles. The molecule has 104 valence electrons. The van der Waals surface area contributed by atoms with Gasteiger partial charge in [-0.15, -0.1) is 0 Å². The molecule has 0 bridgehead atoms. The van der Waals surface area contributed by atoms with Crippen molar-refractivity contribution in [3.8, 4) is 5.75 Å². The molecule has 0 aliphatic heterocycles. The van der Waals surface area contributed by atoms with Crippen molar-refractivity contribution in [3.05, 3.63) is 21.1 Å². The molecule has 4 nitrogen and oxygen atoms in total. The van der Waals surface area contributed by atoms with Gasteiger partial charge in [0, 0.05) is 29.5 Å². The number of hydrogen-bond acceptors (Lipinski definition) is 3. The lowest BCUT2D eigenvalue weighted by atomic mass is 10.3. The van der Waals surface area contributed by atoms with Crippen molar-refractivity contribution in [3.63, 3.8) is 0 Å². The molecule has 0 atom stereocenters. The molecule has 0 heterocycles. The summed E-state index contributed by atoms with van der Waals surface area (Å²) in [5, 5.41) is 6.19. The van der Waals surface area contributed by atoms with Gasteiger partial charge < -0.3 is 15.4 Å². The van der Waals surface area contributed by atoms with E-state index >= 15 is 0 Å². The van der Waals surface area contributed by atoms with Crippen LogP contribution in [0.15, 0.2) is 21.1 Å². The number of carbonyl (C=O) groups excluding carboxylic acids is 1. The van der Waals surface area contributed by atoms with Crippen molar-refractivity contribution in [1.29, 1.82) is 0 Å². The van der Waals surface area contributed by atoms with Crippen LogP contribution in [0.3, 0.4) is 0 Å².